The third-order valence-corrected chi connectivity index (χ3v) is 2.46. The summed E-state index contributed by atoms with van der Waals surface area (Å²) < 4.78 is 1.77. The van der Waals surface area contributed by atoms with Gasteiger partial charge in [0.1, 0.15) is 11.3 Å². The first-order chi connectivity index (χ1) is 8.33. The van der Waals surface area contributed by atoms with Crippen molar-refractivity contribution in [2.45, 2.75) is 6.92 Å². The number of aryl methyl sites for hydroxylation is 1. The van der Waals surface area contributed by atoms with E-state index in [0.717, 1.165) is 22.8 Å². The molecule has 0 aromatic carbocycles. The molecule has 84 valence electrons. The van der Waals surface area contributed by atoms with Gasteiger partial charge in [-0.15, -0.1) is 0 Å². The summed E-state index contributed by atoms with van der Waals surface area (Å²) in [5.41, 5.74) is 1.89. The molecule has 0 atom stereocenters. The fourth-order valence-electron chi connectivity index (χ4n) is 1.69. The third kappa shape index (κ3) is 1.82. The summed E-state index contributed by atoms with van der Waals surface area (Å²) in [6, 6.07) is 7.74. The van der Waals surface area contributed by atoms with Crippen LogP contribution in [0.5, 0.6) is 0 Å². The first-order valence-corrected chi connectivity index (χ1v) is 5.32. The van der Waals surface area contributed by atoms with Gasteiger partial charge < -0.3 is 5.32 Å². The number of rotatable bonds is 2. The van der Waals surface area contributed by atoms with Gasteiger partial charge in [0, 0.05) is 18.1 Å². The minimum atomic E-state index is 0.753. The van der Waals surface area contributed by atoms with Crippen LogP contribution in [0.2, 0.25) is 0 Å². The fourth-order valence-corrected chi connectivity index (χ4v) is 1.69. The van der Waals surface area contributed by atoms with Gasteiger partial charge in [-0.1, -0.05) is 6.07 Å². The van der Waals surface area contributed by atoms with Crippen molar-refractivity contribution in [2.75, 3.05) is 5.32 Å². The van der Waals surface area contributed by atoms with Gasteiger partial charge in [0.2, 0.25) is 0 Å². The van der Waals surface area contributed by atoms with Crippen molar-refractivity contribution >= 4 is 17.2 Å². The van der Waals surface area contributed by atoms with Gasteiger partial charge >= 0.3 is 0 Å². The maximum atomic E-state index is 4.38. The predicted octanol–water partition coefficient (Wildman–Crippen LogP) is 2.18. The number of hydrogen-bond acceptors (Lipinski definition) is 4. The maximum Gasteiger partial charge on any atom is 0.157 e. The lowest BCUT2D eigenvalue weighted by molar-refractivity contribution is 0.947. The van der Waals surface area contributed by atoms with E-state index in [4.69, 9.17) is 0 Å². The molecule has 0 saturated heterocycles. The van der Waals surface area contributed by atoms with Gasteiger partial charge in [-0.05, 0) is 25.1 Å². The summed E-state index contributed by atoms with van der Waals surface area (Å²) in [4.78, 5) is 8.67. The van der Waals surface area contributed by atoms with Crippen molar-refractivity contribution in [2.24, 2.45) is 0 Å². The summed E-state index contributed by atoms with van der Waals surface area (Å²) in [5.74, 6) is 1.54. The van der Waals surface area contributed by atoms with Crippen LogP contribution in [0.15, 0.2) is 42.9 Å². The molecule has 3 heterocycles. The standard InChI is InChI=1S/C12H11N5/c1-9-3-2-4-11(15-9)16-12-10-5-6-14-17(10)8-7-13-12/h2-8H,1H3,(H,13,15,16). The molecule has 0 amide bonds. The van der Waals surface area contributed by atoms with E-state index >= 15 is 0 Å². The molecule has 0 radical (unpaired) electrons. The van der Waals surface area contributed by atoms with E-state index in [2.05, 4.69) is 20.4 Å². The predicted molar refractivity (Wildman–Crippen MR) is 65.2 cm³/mol. The van der Waals surface area contributed by atoms with Crippen LogP contribution in [0.3, 0.4) is 0 Å². The molecule has 0 unspecified atom stereocenters. The second-order valence-corrected chi connectivity index (χ2v) is 3.73. The van der Waals surface area contributed by atoms with Crippen LogP contribution in [-0.2, 0) is 0 Å². The first kappa shape index (κ1) is 9.77. The summed E-state index contributed by atoms with van der Waals surface area (Å²) in [5, 5.41) is 7.35. The largest absolute Gasteiger partial charge is 0.323 e. The van der Waals surface area contributed by atoms with Gasteiger partial charge in [-0.2, -0.15) is 5.10 Å². The highest BCUT2D eigenvalue weighted by Crippen LogP contribution is 2.17. The Bertz CT molecular complexity index is 659. The van der Waals surface area contributed by atoms with Crippen molar-refractivity contribution in [3.8, 4) is 0 Å². The van der Waals surface area contributed by atoms with E-state index in [1.165, 1.54) is 0 Å². The van der Waals surface area contributed by atoms with Crippen LogP contribution in [0, 0.1) is 6.92 Å². The monoisotopic (exact) mass is 225 g/mol. The van der Waals surface area contributed by atoms with Gasteiger partial charge in [0.25, 0.3) is 0 Å². The molecular weight excluding hydrogens is 214 g/mol. The van der Waals surface area contributed by atoms with Crippen LogP contribution in [0.4, 0.5) is 11.6 Å². The van der Waals surface area contributed by atoms with Gasteiger partial charge in [-0.25, -0.2) is 14.5 Å². The lowest BCUT2D eigenvalue weighted by Gasteiger charge is -2.06. The Kier molecular flexibility index (Phi) is 2.22. The van der Waals surface area contributed by atoms with Crippen LogP contribution in [-0.4, -0.2) is 19.6 Å². The molecule has 3 aromatic rings. The Morgan fingerprint density at radius 3 is 3.00 bits per heavy atom. The number of anilines is 2. The first-order valence-electron chi connectivity index (χ1n) is 5.32. The minimum absolute atomic E-state index is 0.753. The Hall–Kier alpha value is -2.43. The Balaban J connectivity index is 2.02. The lowest BCUT2D eigenvalue weighted by atomic mass is 10.3. The van der Waals surface area contributed by atoms with Crippen LogP contribution in [0.25, 0.3) is 5.52 Å². The molecule has 17 heavy (non-hydrogen) atoms. The van der Waals surface area contributed by atoms with Crippen molar-refractivity contribution in [3.05, 3.63) is 48.5 Å². The van der Waals surface area contributed by atoms with E-state index in [9.17, 15) is 0 Å². The molecule has 0 saturated carbocycles. The third-order valence-electron chi connectivity index (χ3n) is 2.46. The van der Waals surface area contributed by atoms with Crippen molar-refractivity contribution in [3.63, 3.8) is 0 Å². The highest BCUT2D eigenvalue weighted by atomic mass is 15.2. The second-order valence-electron chi connectivity index (χ2n) is 3.73. The number of nitrogens with zero attached hydrogens (tertiary/aromatic N) is 4. The zero-order valence-electron chi connectivity index (χ0n) is 9.33. The quantitative estimate of drug-likeness (QED) is 0.726. The van der Waals surface area contributed by atoms with E-state index in [1.54, 1.807) is 16.9 Å². The maximum absolute atomic E-state index is 4.38. The molecule has 3 rings (SSSR count). The molecule has 0 aliphatic carbocycles. The molecule has 0 bridgehead atoms. The smallest absolute Gasteiger partial charge is 0.157 e. The Labute approximate surface area is 98.1 Å². The Morgan fingerprint density at radius 1 is 1.18 bits per heavy atom. The molecule has 0 spiro atoms. The second kappa shape index (κ2) is 3.86. The Morgan fingerprint density at radius 2 is 2.12 bits per heavy atom. The van der Waals surface area contributed by atoms with E-state index in [-0.39, 0.29) is 0 Å². The molecule has 5 heteroatoms. The number of pyridine rings is 1. The van der Waals surface area contributed by atoms with E-state index < -0.39 is 0 Å². The van der Waals surface area contributed by atoms with Crippen molar-refractivity contribution < 1.29 is 0 Å². The number of nitrogens with one attached hydrogen (secondary N) is 1. The summed E-state index contributed by atoms with van der Waals surface area (Å²) in [7, 11) is 0. The highest BCUT2D eigenvalue weighted by Gasteiger charge is 2.03. The highest BCUT2D eigenvalue weighted by molar-refractivity contribution is 5.71. The molecule has 0 fully saturated rings. The molecule has 5 nitrogen and oxygen atoms in total. The molecule has 0 aliphatic heterocycles. The zero-order chi connectivity index (χ0) is 11.7. The number of hydrogen-bond donors (Lipinski definition) is 1. The summed E-state index contributed by atoms with van der Waals surface area (Å²) in [6.45, 7) is 1.96. The van der Waals surface area contributed by atoms with Gasteiger partial charge in [-0.3, -0.25) is 0 Å². The fraction of sp³-hybridized carbons (Fsp3) is 0.0833. The normalized spacial score (nSPS) is 10.6. The van der Waals surface area contributed by atoms with Crippen LogP contribution >= 0.6 is 0 Å². The number of fused-ring (bicyclic) bond motifs is 1. The van der Waals surface area contributed by atoms with Crippen LogP contribution < -0.4 is 5.32 Å². The van der Waals surface area contributed by atoms with Crippen molar-refractivity contribution in [1.82, 2.24) is 19.6 Å². The SMILES string of the molecule is Cc1cccc(Nc2nccn3nccc23)n1. The minimum Gasteiger partial charge on any atom is -0.323 e. The summed E-state index contributed by atoms with van der Waals surface area (Å²) >= 11 is 0. The zero-order valence-corrected chi connectivity index (χ0v) is 9.33. The average molecular weight is 225 g/mol. The molecular formula is C12H11N5. The van der Waals surface area contributed by atoms with Crippen molar-refractivity contribution in [1.29, 1.82) is 0 Å². The van der Waals surface area contributed by atoms with Gasteiger partial charge in [0.05, 0.1) is 6.20 Å². The summed E-state index contributed by atoms with van der Waals surface area (Å²) in [6.07, 6.45) is 5.26. The number of aromatic nitrogens is 4. The molecule has 0 aliphatic rings. The topological polar surface area (TPSA) is 55.1 Å². The van der Waals surface area contributed by atoms with Crippen LogP contribution in [0.1, 0.15) is 5.69 Å². The van der Waals surface area contributed by atoms with E-state index in [0.29, 0.717) is 0 Å². The molecule has 3 aromatic heterocycles. The molecule has 1 N–H and O–H groups in total. The van der Waals surface area contributed by atoms with Gasteiger partial charge in [0.15, 0.2) is 5.82 Å². The van der Waals surface area contributed by atoms with E-state index in [1.807, 2.05) is 37.4 Å². The average Bonchev–Trinajstić information content (AvgIpc) is 2.78. The lowest BCUT2D eigenvalue weighted by Crippen LogP contribution is -1.99.